The van der Waals surface area contributed by atoms with Crippen molar-refractivity contribution in [3.63, 3.8) is 0 Å². The molecular formula is C14H12ClNO5. The van der Waals surface area contributed by atoms with Crippen LogP contribution in [0.4, 0.5) is 5.69 Å². The summed E-state index contributed by atoms with van der Waals surface area (Å²) in [6.45, 7) is 0. The highest BCUT2D eigenvalue weighted by Gasteiger charge is 2.16. The molecule has 0 bridgehead atoms. The molecule has 0 heterocycles. The number of carbonyl (C=O) groups is 2. The minimum Gasteiger partial charge on any atom is -0.478 e. The minimum atomic E-state index is -1.33. The number of hydrogen-bond donors (Lipinski definition) is 3. The average Bonchev–Trinajstić information content (AvgIpc) is 2.41. The van der Waals surface area contributed by atoms with Gasteiger partial charge >= 0.3 is 11.9 Å². The number of halogens is 1. The summed E-state index contributed by atoms with van der Waals surface area (Å²) >= 11 is 0. The highest BCUT2D eigenvalue weighted by molar-refractivity contribution is 6.02. The molecule has 4 N–H and O–H groups in total. The molecule has 0 spiro atoms. The zero-order valence-electron chi connectivity index (χ0n) is 10.6. The molecule has 6 nitrogen and oxygen atoms in total. The fraction of sp³-hybridized carbons (Fsp3) is 0. The van der Waals surface area contributed by atoms with Gasteiger partial charge in [0.25, 0.3) is 0 Å². The molecule has 110 valence electrons. The average molecular weight is 310 g/mol. The van der Waals surface area contributed by atoms with Crippen molar-refractivity contribution < 1.29 is 24.5 Å². The summed E-state index contributed by atoms with van der Waals surface area (Å²) in [5.41, 5.74) is 5.49. The fourth-order valence-corrected chi connectivity index (χ4v) is 1.62. The van der Waals surface area contributed by atoms with E-state index in [0.29, 0.717) is 11.4 Å². The highest BCUT2D eigenvalue weighted by Crippen LogP contribution is 2.25. The van der Waals surface area contributed by atoms with E-state index in [1.165, 1.54) is 18.2 Å². The zero-order valence-corrected chi connectivity index (χ0v) is 11.5. The second kappa shape index (κ2) is 6.62. The van der Waals surface area contributed by atoms with Crippen LogP contribution in [0.25, 0.3) is 0 Å². The summed E-state index contributed by atoms with van der Waals surface area (Å²) in [5.74, 6) is -1.93. The fourth-order valence-electron chi connectivity index (χ4n) is 1.62. The van der Waals surface area contributed by atoms with Crippen molar-refractivity contribution in [3.05, 3.63) is 53.6 Å². The number of carboxylic acid groups (broad SMARTS) is 2. The summed E-state index contributed by atoms with van der Waals surface area (Å²) in [6.07, 6.45) is 0. The van der Waals surface area contributed by atoms with Gasteiger partial charge in [-0.1, -0.05) is 0 Å². The molecule has 2 aromatic rings. The van der Waals surface area contributed by atoms with Crippen molar-refractivity contribution in [2.75, 3.05) is 5.73 Å². The van der Waals surface area contributed by atoms with Crippen molar-refractivity contribution >= 4 is 30.0 Å². The van der Waals surface area contributed by atoms with Crippen molar-refractivity contribution in [2.45, 2.75) is 0 Å². The number of aromatic carboxylic acids is 2. The van der Waals surface area contributed by atoms with Gasteiger partial charge in [0.15, 0.2) is 0 Å². The molecule has 0 aliphatic heterocycles. The van der Waals surface area contributed by atoms with E-state index in [0.717, 1.165) is 0 Å². The Hall–Kier alpha value is -2.73. The van der Waals surface area contributed by atoms with Crippen LogP contribution in [0.2, 0.25) is 0 Å². The van der Waals surface area contributed by atoms with Crippen LogP contribution in [0.5, 0.6) is 11.5 Å². The maximum absolute atomic E-state index is 11.0. The Bertz CT molecular complexity index is 670. The quantitative estimate of drug-likeness (QED) is 0.749. The molecule has 0 amide bonds. The van der Waals surface area contributed by atoms with Gasteiger partial charge in [-0.05, 0) is 42.5 Å². The summed E-state index contributed by atoms with van der Waals surface area (Å²) in [7, 11) is 0. The molecule has 21 heavy (non-hydrogen) atoms. The smallest absolute Gasteiger partial charge is 0.336 e. The topological polar surface area (TPSA) is 110 Å². The van der Waals surface area contributed by atoms with Crippen LogP contribution in [0.15, 0.2) is 42.5 Å². The lowest BCUT2D eigenvalue weighted by Gasteiger charge is -2.08. The van der Waals surface area contributed by atoms with E-state index < -0.39 is 11.9 Å². The van der Waals surface area contributed by atoms with E-state index in [1.54, 1.807) is 24.3 Å². The Labute approximate surface area is 126 Å². The maximum atomic E-state index is 11.0. The second-order valence-electron chi connectivity index (χ2n) is 3.99. The van der Waals surface area contributed by atoms with Crippen LogP contribution in [0.1, 0.15) is 20.7 Å². The molecule has 2 rings (SSSR count). The van der Waals surface area contributed by atoms with Gasteiger partial charge in [0.2, 0.25) is 0 Å². The Balaban J connectivity index is 0.00000220. The monoisotopic (exact) mass is 309 g/mol. The lowest BCUT2D eigenvalue weighted by Crippen LogP contribution is -2.07. The molecule has 0 fully saturated rings. The normalized spacial score (nSPS) is 9.52. The Morgan fingerprint density at radius 3 is 1.90 bits per heavy atom. The van der Waals surface area contributed by atoms with Crippen LogP contribution in [0, 0.1) is 0 Å². The molecule has 0 unspecified atom stereocenters. The van der Waals surface area contributed by atoms with Crippen molar-refractivity contribution in [3.8, 4) is 11.5 Å². The van der Waals surface area contributed by atoms with Gasteiger partial charge < -0.3 is 20.7 Å². The van der Waals surface area contributed by atoms with E-state index in [4.69, 9.17) is 20.7 Å². The number of nitrogen functional groups attached to an aromatic ring is 1. The third kappa shape index (κ3) is 3.87. The SMILES string of the molecule is Cl.Nc1ccc(Oc2ccc(C(=O)O)c(C(=O)O)c2)cc1. The van der Waals surface area contributed by atoms with Gasteiger partial charge in [0.05, 0.1) is 11.1 Å². The maximum Gasteiger partial charge on any atom is 0.336 e. The van der Waals surface area contributed by atoms with E-state index in [2.05, 4.69) is 0 Å². The number of benzene rings is 2. The van der Waals surface area contributed by atoms with Gasteiger partial charge in [-0.25, -0.2) is 9.59 Å². The van der Waals surface area contributed by atoms with Gasteiger partial charge in [-0.2, -0.15) is 0 Å². The molecule has 0 aliphatic carbocycles. The lowest BCUT2D eigenvalue weighted by atomic mass is 10.1. The van der Waals surface area contributed by atoms with E-state index in [1.807, 2.05) is 0 Å². The molecule has 0 radical (unpaired) electrons. The van der Waals surface area contributed by atoms with Gasteiger partial charge in [0.1, 0.15) is 11.5 Å². The van der Waals surface area contributed by atoms with Crippen molar-refractivity contribution in [1.82, 2.24) is 0 Å². The molecule has 0 saturated heterocycles. The van der Waals surface area contributed by atoms with E-state index in [-0.39, 0.29) is 29.3 Å². The number of hydrogen-bond acceptors (Lipinski definition) is 4. The first-order valence-electron chi connectivity index (χ1n) is 5.61. The predicted octanol–water partition coefficient (Wildman–Crippen LogP) is 2.88. The van der Waals surface area contributed by atoms with Crippen LogP contribution < -0.4 is 10.5 Å². The Kier molecular flexibility index (Phi) is 5.15. The molecule has 0 aromatic heterocycles. The van der Waals surface area contributed by atoms with E-state index in [9.17, 15) is 9.59 Å². The van der Waals surface area contributed by atoms with Crippen LogP contribution >= 0.6 is 12.4 Å². The molecule has 2 aromatic carbocycles. The summed E-state index contributed by atoms with van der Waals surface area (Å²) in [4.78, 5) is 22.0. The Morgan fingerprint density at radius 2 is 1.38 bits per heavy atom. The summed E-state index contributed by atoms with van der Waals surface area (Å²) in [5, 5.41) is 17.9. The second-order valence-corrected chi connectivity index (χ2v) is 3.99. The predicted molar refractivity (Wildman–Crippen MR) is 78.5 cm³/mol. The number of anilines is 1. The number of nitrogens with two attached hydrogens (primary N) is 1. The Morgan fingerprint density at radius 1 is 0.857 bits per heavy atom. The highest BCUT2D eigenvalue weighted by atomic mass is 35.5. The van der Waals surface area contributed by atoms with Gasteiger partial charge in [-0.3, -0.25) is 0 Å². The molecular weight excluding hydrogens is 298 g/mol. The lowest BCUT2D eigenvalue weighted by molar-refractivity contribution is 0.0651. The van der Waals surface area contributed by atoms with Crippen LogP contribution in [0.3, 0.4) is 0 Å². The van der Waals surface area contributed by atoms with Crippen LogP contribution in [-0.2, 0) is 0 Å². The third-order valence-corrected chi connectivity index (χ3v) is 2.57. The third-order valence-electron chi connectivity index (χ3n) is 2.57. The van der Waals surface area contributed by atoms with Gasteiger partial charge in [-0.15, -0.1) is 12.4 Å². The first kappa shape index (κ1) is 16.3. The molecule has 0 saturated carbocycles. The van der Waals surface area contributed by atoms with Crippen molar-refractivity contribution in [1.29, 1.82) is 0 Å². The number of ether oxygens (including phenoxy) is 1. The first-order valence-corrected chi connectivity index (χ1v) is 5.61. The minimum absolute atomic E-state index is 0. The first-order chi connectivity index (χ1) is 9.47. The zero-order chi connectivity index (χ0) is 14.7. The molecule has 0 aliphatic rings. The summed E-state index contributed by atoms with van der Waals surface area (Å²) < 4.78 is 5.45. The number of rotatable bonds is 4. The largest absolute Gasteiger partial charge is 0.478 e. The van der Waals surface area contributed by atoms with Crippen LogP contribution in [-0.4, -0.2) is 22.2 Å². The standard InChI is InChI=1S/C14H11NO5.ClH/c15-8-1-3-9(4-2-8)20-10-5-6-11(13(16)17)12(7-10)14(18)19;/h1-7H,15H2,(H,16,17)(H,18,19);1H. The van der Waals surface area contributed by atoms with Gasteiger partial charge in [0, 0.05) is 5.69 Å². The molecule has 7 heteroatoms. The summed E-state index contributed by atoms with van der Waals surface area (Å²) in [6, 6.07) is 10.3. The molecule has 0 atom stereocenters. The number of carboxylic acids is 2. The van der Waals surface area contributed by atoms with E-state index >= 15 is 0 Å². The van der Waals surface area contributed by atoms with Crippen molar-refractivity contribution in [2.24, 2.45) is 0 Å².